The van der Waals surface area contributed by atoms with Crippen LogP contribution in [0.1, 0.15) is 12.5 Å². The monoisotopic (exact) mass is 253 g/mol. The highest BCUT2D eigenvalue weighted by molar-refractivity contribution is 8.26. The lowest BCUT2D eigenvalue weighted by molar-refractivity contribution is -0.121. The number of amides is 1. The molecule has 4 nitrogen and oxygen atoms in total. The third kappa shape index (κ3) is 2.03. The third-order valence-electron chi connectivity index (χ3n) is 2.26. The van der Waals surface area contributed by atoms with Crippen LogP contribution in [0.5, 0.6) is 0 Å². The summed E-state index contributed by atoms with van der Waals surface area (Å²) in [5, 5.41) is 4.14. The first-order valence-corrected chi connectivity index (χ1v) is 6.08. The van der Waals surface area contributed by atoms with Crippen LogP contribution in [0.3, 0.4) is 0 Å². The summed E-state index contributed by atoms with van der Waals surface area (Å²) in [6.45, 7) is 2.84. The zero-order valence-corrected chi connectivity index (χ0v) is 10.6. The molecule has 0 aliphatic carbocycles. The predicted octanol–water partition coefficient (Wildman–Crippen LogP) is 1.73. The molecule has 0 unspecified atom stereocenters. The normalized spacial score (nSPS) is 18.9. The van der Waals surface area contributed by atoms with Crippen LogP contribution in [0.25, 0.3) is 6.08 Å². The molecule has 1 aliphatic heterocycles. The van der Waals surface area contributed by atoms with Crippen molar-refractivity contribution in [2.24, 2.45) is 0 Å². The Morgan fingerprint density at radius 1 is 1.62 bits per heavy atom. The molecule has 16 heavy (non-hydrogen) atoms. The lowest BCUT2D eigenvalue weighted by atomic mass is 10.3. The van der Waals surface area contributed by atoms with E-state index in [-0.39, 0.29) is 5.91 Å². The number of hydrogen-bond acceptors (Lipinski definition) is 4. The number of aryl methyl sites for hydroxylation is 1. The average molecular weight is 253 g/mol. The predicted molar refractivity (Wildman–Crippen MR) is 68.8 cm³/mol. The molecule has 1 aromatic heterocycles. The summed E-state index contributed by atoms with van der Waals surface area (Å²) < 4.78 is 2.41. The number of likely N-dealkylation sites (N-methyl/N-ethyl adjacent to an activating group) is 1. The van der Waals surface area contributed by atoms with Crippen molar-refractivity contribution < 1.29 is 4.79 Å². The number of rotatable bonds is 2. The lowest BCUT2D eigenvalue weighted by Gasteiger charge is -2.03. The number of carbonyl (C=O) groups excluding carboxylic acids is 1. The van der Waals surface area contributed by atoms with Gasteiger partial charge in [-0.1, -0.05) is 24.0 Å². The standard InChI is InChI=1S/C10H11N3OS2/c1-3-13-6-7(5-11-13)4-8-9(14)12(2)10(15)16-8/h4-6H,3H2,1-2H3. The molecule has 0 atom stereocenters. The minimum atomic E-state index is -0.0424. The van der Waals surface area contributed by atoms with Crippen molar-refractivity contribution >= 4 is 40.3 Å². The van der Waals surface area contributed by atoms with Crippen molar-refractivity contribution in [1.82, 2.24) is 14.7 Å². The van der Waals surface area contributed by atoms with Gasteiger partial charge in [0.25, 0.3) is 5.91 Å². The number of carbonyl (C=O) groups is 1. The van der Waals surface area contributed by atoms with Gasteiger partial charge in [-0.3, -0.25) is 14.4 Å². The van der Waals surface area contributed by atoms with E-state index in [4.69, 9.17) is 12.2 Å². The largest absolute Gasteiger partial charge is 0.296 e. The van der Waals surface area contributed by atoms with Crippen molar-refractivity contribution in [2.45, 2.75) is 13.5 Å². The van der Waals surface area contributed by atoms with E-state index in [2.05, 4.69) is 5.10 Å². The second-order valence-electron chi connectivity index (χ2n) is 3.37. The maximum Gasteiger partial charge on any atom is 0.265 e. The molecular weight excluding hydrogens is 242 g/mol. The molecule has 0 N–H and O–H groups in total. The van der Waals surface area contributed by atoms with Gasteiger partial charge in [-0.25, -0.2) is 0 Å². The van der Waals surface area contributed by atoms with Gasteiger partial charge < -0.3 is 0 Å². The Balaban J connectivity index is 2.25. The molecule has 1 aromatic rings. The van der Waals surface area contributed by atoms with Gasteiger partial charge in [0.15, 0.2) is 0 Å². The molecule has 0 spiro atoms. The van der Waals surface area contributed by atoms with Crippen LogP contribution in [0.15, 0.2) is 17.3 Å². The first-order chi connectivity index (χ1) is 7.61. The van der Waals surface area contributed by atoms with Gasteiger partial charge in [-0.2, -0.15) is 5.10 Å². The lowest BCUT2D eigenvalue weighted by Crippen LogP contribution is -2.22. The summed E-state index contributed by atoms with van der Waals surface area (Å²) in [6.07, 6.45) is 5.47. The van der Waals surface area contributed by atoms with E-state index in [0.717, 1.165) is 12.1 Å². The van der Waals surface area contributed by atoms with Gasteiger partial charge in [0.2, 0.25) is 0 Å². The number of hydrogen-bond donors (Lipinski definition) is 0. The van der Waals surface area contributed by atoms with Crippen LogP contribution in [0.4, 0.5) is 0 Å². The number of thiocarbonyl (C=S) groups is 1. The molecule has 0 radical (unpaired) electrons. The quantitative estimate of drug-likeness (QED) is 0.594. The molecule has 1 aliphatic rings. The molecular formula is C10H11N3OS2. The first kappa shape index (κ1) is 11.3. The fraction of sp³-hybridized carbons (Fsp3) is 0.300. The minimum absolute atomic E-state index is 0.0424. The summed E-state index contributed by atoms with van der Waals surface area (Å²) in [5.41, 5.74) is 0.927. The van der Waals surface area contributed by atoms with Gasteiger partial charge in [0.05, 0.1) is 11.1 Å². The van der Waals surface area contributed by atoms with E-state index in [0.29, 0.717) is 9.23 Å². The van der Waals surface area contributed by atoms with Gasteiger partial charge in [0, 0.05) is 25.4 Å². The minimum Gasteiger partial charge on any atom is -0.296 e. The van der Waals surface area contributed by atoms with Crippen molar-refractivity contribution in [3.05, 3.63) is 22.9 Å². The average Bonchev–Trinajstić information content (AvgIpc) is 2.81. The second-order valence-corrected chi connectivity index (χ2v) is 5.05. The van der Waals surface area contributed by atoms with Crippen LogP contribution in [-0.4, -0.2) is 32.0 Å². The summed E-state index contributed by atoms with van der Waals surface area (Å²) in [5.74, 6) is -0.0424. The molecule has 2 rings (SSSR count). The molecule has 0 saturated carbocycles. The van der Waals surface area contributed by atoms with Crippen molar-refractivity contribution in [2.75, 3.05) is 7.05 Å². The Bertz CT molecular complexity index is 478. The summed E-state index contributed by atoms with van der Waals surface area (Å²) in [7, 11) is 1.69. The Hall–Kier alpha value is -1.14. The van der Waals surface area contributed by atoms with Crippen LogP contribution < -0.4 is 0 Å². The van der Waals surface area contributed by atoms with E-state index in [9.17, 15) is 4.79 Å². The zero-order valence-electron chi connectivity index (χ0n) is 9.01. The Labute approximate surface area is 103 Å². The van der Waals surface area contributed by atoms with Crippen molar-refractivity contribution in [3.8, 4) is 0 Å². The molecule has 6 heteroatoms. The Morgan fingerprint density at radius 3 is 2.88 bits per heavy atom. The maximum atomic E-state index is 11.7. The van der Waals surface area contributed by atoms with Gasteiger partial charge in [-0.05, 0) is 13.0 Å². The van der Waals surface area contributed by atoms with E-state index in [1.54, 1.807) is 13.2 Å². The summed E-state index contributed by atoms with van der Waals surface area (Å²) in [6, 6.07) is 0. The molecule has 0 bridgehead atoms. The van der Waals surface area contributed by atoms with Crippen LogP contribution >= 0.6 is 24.0 Å². The van der Waals surface area contributed by atoms with Crippen LogP contribution in [0.2, 0.25) is 0 Å². The van der Waals surface area contributed by atoms with Crippen LogP contribution in [-0.2, 0) is 11.3 Å². The summed E-state index contributed by atoms with van der Waals surface area (Å²) in [4.78, 5) is 13.9. The fourth-order valence-corrected chi connectivity index (χ4v) is 2.50. The highest BCUT2D eigenvalue weighted by Gasteiger charge is 2.28. The third-order valence-corrected chi connectivity index (χ3v) is 3.75. The van der Waals surface area contributed by atoms with Gasteiger partial charge >= 0.3 is 0 Å². The SMILES string of the molecule is CCn1cc(C=C2SC(=S)N(C)C2=O)cn1. The molecule has 1 saturated heterocycles. The highest BCUT2D eigenvalue weighted by atomic mass is 32.2. The second kappa shape index (κ2) is 4.39. The summed E-state index contributed by atoms with van der Waals surface area (Å²) >= 11 is 6.37. The van der Waals surface area contributed by atoms with Gasteiger partial charge in [-0.15, -0.1) is 0 Å². The Kier molecular flexibility index (Phi) is 3.11. The topological polar surface area (TPSA) is 38.1 Å². The highest BCUT2D eigenvalue weighted by Crippen LogP contribution is 2.31. The molecule has 0 aromatic carbocycles. The Morgan fingerprint density at radius 2 is 2.38 bits per heavy atom. The number of aromatic nitrogens is 2. The number of thioether (sulfide) groups is 1. The maximum absolute atomic E-state index is 11.7. The molecule has 1 amide bonds. The van der Waals surface area contributed by atoms with E-state index < -0.39 is 0 Å². The van der Waals surface area contributed by atoms with Crippen molar-refractivity contribution in [1.29, 1.82) is 0 Å². The van der Waals surface area contributed by atoms with Crippen molar-refractivity contribution in [3.63, 3.8) is 0 Å². The smallest absolute Gasteiger partial charge is 0.265 e. The fourth-order valence-electron chi connectivity index (χ4n) is 1.32. The molecule has 1 fully saturated rings. The first-order valence-electron chi connectivity index (χ1n) is 4.86. The molecule has 2 heterocycles. The van der Waals surface area contributed by atoms with Gasteiger partial charge in [0.1, 0.15) is 4.32 Å². The van der Waals surface area contributed by atoms with E-state index in [1.165, 1.54) is 16.7 Å². The van der Waals surface area contributed by atoms with Crippen LogP contribution in [0, 0.1) is 0 Å². The zero-order chi connectivity index (χ0) is 11.7. The molecule has 84 valence electrons. The van der Waals surface area contributed by atoms with E-state index >= 15 is 0 Å². The number of nitrogens with zero attached hydrogens (tertiary/aromatic N) is 3. The van der Waals surface area contributed by atoms with E-state index in [1.807, 2.05) is 23.9 Å².